The molecule has 1 aliphatic heterocycles. The van der Waals surface area contributed by atoms with Gasteiger partial charge in [-0.2, -0.15) is 0 Å². The van der Waals surface area contributed by atoms with Gasteiger partial charge in [-0.1, -0.05) is 18.2 Å². The zero-order valence-corrected chi connectivity index (χ0v) is 11.6. The minimum absolute atomic E-state index is 0.235. The topological polar surface area (TPSA) is 46.3 Å². The molecule has 1 aromatic rings. The number of amides is 1. The van der Waals surface area contributed by atoms with Crippen molar-refractivity contribution >= 4 is 17.7 Å². The lowest BCUT2D eigenvalue weighted by Gasteiger charge is -2.16. The third-order valence-electron chi connectivity index (χ3n) is 3.42. The van der Waals surface area contributed by atoms with Gasteiger partial charge in [-0.05, 0) is 37.4 Å². The SMILES string of the molecule is Cc1ccccc1SCC(=O)N1CCC(CN)C1. The van der Waals surface area contributed by atoms with E-state index in [4.69, 9.17) is 5.73 Å². The molecule has 3 nitrogen and oxygen atoms in total. The van der Waals surface area contributed by atoms with Gasteiger partial charge in [0.2, 0.25) is 5.91 Å². The molecular weight excluding hydrogens is 244 g/mol. The Labute approximate surface area is 113 Å². The largest absolute Gasteiger partial charge is 0.342 e. The van der Waals surface area contributed by atoms with Gasteiger partial charge in [0, 0.05) is 18.0 Å². The summed E-state index contributed by atoms with van der Waals surface area (Å²) in [4.78, 5) is 15.2. The van der Waals surface area contributed by atoms with Crippen LogP contribution in [-0.2, 0) is 4.79 Å². The molecule has 0 aromatic heterocycles. The minimum Gasteiger partial charge on any atom is -0.342 e. The Morgan fingerprint density at radius 2 is 2.28 bits per heavy atom. The molecule has 1 amide bonds. The molecule has 0 saturated carbocycles. The van der Waals surface area contributed by atoms with E-state index in [1.165, 1.54) is 10.5 Å². The second-order valence-corrected chi connectivity index (χ2v) is 5.80. The quantitative estimate of drug-likeness (QED) is 0.845. The van der Waals surface area contributed by atoms with Crippen LogP contribution in [0.1, 0.15) is 12.0 Å². The van der Waals surface area contributed by atoms with Crippen LogP contribution in [0.2, 0.25) is 0 Å². The Morgan fingerprint density at radius 3 is 2.94 bits per heavy atom. The molecule has 2 N–H and O–H groups in total. The first-order chi connectivity index (χ1) is 8.70. The molecule has 0 bridgehead atoms. The molecule has 0 aliphatic carbocycles. The maximum atomic E-state index is 12.1. The molecule has 1 fully saturated rings. The average Bonchev–Trinajstić information content (AvgIpc) is 2.86. The van der Waals surface area contributed by atoms with Gasteiger partial charge in [0.1, 0.15) is 0 Å². The summed E-state index contributed by atoms with van der Waals surface area (Å²) in [6.07, 6.45) is 1.05. The number of hydrogen-bond acceptors (Lipinski definition) is 3. The van der Waals surface area contributed by atoms with Crippen LogP contribution in [0.3, 0.4) is 0 Å². The summed E-state index contributed by atoms with van der Waals surface area (Å²) >= 11 is 1.63. The van der Waals surface area contributed by atoms with Gasteiger partial charge >= 0.3 is 0 Å². The lowest BCUT2D eigenvalue weighted by Crippen LogP contribution is -2.31. The molecule has 0 radical (unpaired) electrons. The zero-order valence-electron chi connectivity index (χ0n) is 10.8. The number of benzene rings is 1. The van der Waals surface area contributed by atoms with Crippen molar-refractivity contribution in [2.45, 2.75) is 18.2 Å². The van der Waals surface area contributed by atoms with Crippen molar-refractivity contribution in [3.8, 4) is 0 Å². The van der Waals surface area contributed by atoms with Crippen molar-refractivity contribution in [1.29, 1.82) is 0 Å². The maximum Gasteiger partial charge on any atom is 0.232 e. The van der Waals surface area contributed by atoms with Crippen LogP contribution in [0.5, 0.6) is 0 Å². The number of carbonyl (C=O) groups excluding carboxylic acids is 1. The van der Waals surface area contributed by atoms with E-state index in [2.05, 4.69) is 19.1 Å². The van der Waals surface area contributed by atoms with Crippen molar-refractivity contribution < 1.29 is 4.79 Å². The second-order valence-electron chi connectivity index (χ2n) is 4.78. The van der Waals surface area contributed by atoms with Crippen LogP contribution < -0.4 is 5.73 Å². The predicted octanol–water partition coefficient (Wildman–Crippen LogP) is 1.89. The van der Waals surface area contributed by atoms with Gasteiger partial charge in [0.15, 0.2) is 0 Å². The summed E-state index contributed by atoms with van der Waals surface area (Å²) in [6.45, 7) is 4.47. The van der Waals surface area contributed by atoms with E-state index >= 15 is 0 Å². The summed E-state index contributed by atoms with van der Waals surface area (Å²) in [5.41, 5.74) is 6.87. The normalized spacial score (nSPS) is 19.2. The van der Waals surface area contributed by atoms with E-state index in [1.54, 1.807) is 11.8 Å². The summed E-state index contributed by atoms with van der Waals surface area (Å²) in [5.74, 6) is 1.26. The Hall–Kier alpha value is -1.00. The van der Waals surface area contributed by atoms with Crippen molar-refractivity contribution in [3.63, 3.8) is 0 Å². The van der Waals surface area contributed by atoms with Crippen molar-refractivity contribution in [3.05, 3.63) is 29.8 Å². The van der Waals surface area contributed by atoms with Crippen LogP contribution in [0.4, 0.5) is 0 Å². The van der Waals surface area contributed by atoms with Crippen LogP contribution in [0, 0.1) is 12.8 Å². The fourth-order valence-electron chi connectivity index (χ4n) is 2.20. The van der Waals surface area contributed by atoms with Crippen LogP contribution in [-0.4, -0.2) is 36.2 Å². The smallest absolute Gasteiger partial charge is 0.232 e. The highest BCUT2D eigenvalue weighted by Gasteiger charge is 2.24. The fraction of sp³-hybridized carbons (Fsp3) is 0.500. The lowest BCUT2D eigenvalue weighted by atomic mass is 10.1. The van der Waals surface area contributed by atoms with E-state index in [1.807, 2.05) is 17.0 Å². The van der Waals surface area contributed by atoms with E-state index in [-0.39, 0.29) is 5.91 Å². The Bertz CT molecular complexity index is 422. The molecule has 4 heteroatoms. The summed E-state index contributed by atoms with van der Waals surface area (Å²) in [7, 11) is 0. The van der Waals surface area contributed by atoms with E-state index in [0.717, 1.165) is 19.5 Å². The number of thioether (sulfide) groups is 1. The first kappa shape index (κ1) is 13.4. The summed E-state index contributed by atoms with van der Waals surface area (Å²) in [5, 5.41) is 0. The van der Waals surface area contributed by atoms with E-state index in [9.17, 15) is 4.79 Å². The van der Waals surface area contributed by atoms with Crippen LogP contribution in [0.15, 0.2) is 29.2 Å². The van der Waals surface area contributed by atoms with Crippen molar-refractivity contribution in [1.82, 2.24) is 4.90 Å². The maximum absolute atomic E-state index is 12.1. The van der Waals surface area contributed by atoms with Gasteiger partial charge in [-0.3, -0.25) is 4.79 Å². The van der Waals surface area contributed by atoms with Crippen LogP contribution >= 0.6 is 11.8 Å². The highest BCUT2D eigenvalue weighted by molar-refractivity contribution is 8.00. The number of likely N-dealkylation sites (tertiary alicyclic amines) is 1. The van der Waals surface area contributed by atoms with Gasteiger partial charge in [-0.25, -0.2) is 0 Å². The molecule has 98 valence electrons. The number of aryl methyl sites for hydroxylation is 1. The van der Waals surface area contributed by atoms with Crippen molar-refractivity contribution in [2.24, 2.45) is 11.7 Å². The highest BCUT2D eigenvalue weighted by Crippen LogP contribution is 2.23. The molecule has 2 rings (SSSR count). The third-order valence-corrected chi connectivity index (χ3v) is 4.58. The molecule has 1 unspecified atom stereocenters. The Morgan fingerprint density at radius 1 is 1.50 bits per heavy atom. The van der Waals surface area contributed by atoms with E-state index < -0.39 is 0 Å². The standard InChI is InChI=1S/C14H20N2OS/c1-11-4-2-3-5-13(11)18-10-14(17)16-7-6-12(8-15)9-16/h2-5,12H,6-10,15H2,1H3. The molecule has 0 spiro atoms. The molecule has 1 aliphatic rings. The summed E-state index contributed by atoms with van der Waals surface area (Å²) in [6, 6.07) is 8.18. The molecule has 1 aromatic carbocycles. The van der Waals surface area contributed by atoms with Gasteiger partial charge < -0.3 is 10.6 Å². The van der Waals surface area contributed by atoms with Crippen molar-refractivity contribution in [2.75, 3.05) is 25.4 Å². The first-order valence-electron chi connectivity index (χ1n) is 6.37. The highest BCUT2D eigenvalue weighted by atomic mass is 32.2. The number of nitrogens with two attached hydrogens (primary N) is 1. The average molecular weight is 264 g/mol. The lowest BCUT2D eigenvalue weighted by molar-refractivity contribution is -0.127. The molecule has 1 heterocycles. The molecule has 18 heavy (non-hydrogen) atoms. The zero-order chi connectivity index (χ0) is 13.0. The molecule has 1 saturated heterocycles. The first-order valence-corrected chi connectivity index (χ1v) is 7.35. The van der Waals surface area contributed by atoms with Crippen LogP contribution in [0.25, 0.3) is 0 Å². The number of nitrogens with zero attached hydrogens (tertiary/aromatic N) is 1. The van der Waals surface area contributed by atoms with Gasteiger partial charge in [0.25, 0.3) is 0 Å². The van der Waals surface area contributed by atoms with E-state index in [0.29, 0.717) is 18.2 Å². The molecular formula is C14H20N2OS. The fourth-order valence-corrected chi connectivity index (χ4v) is 3.13. The number of carbonyl (C=O) groups is 1. The van der Waals surface area contributed by atoms with Gasteiger partial charge in [0.05, 0.1) is 5.75 Å². The summed E-state index contributed by atoms with van der Waals surface area (Å²) < 4.78 is 0. The van der Waals surface area contributed by atoms with Gasteiger partial charge in [-0.15, -0.1) is 11.8 Å². The minimum atomic E-state index is 0.235. The Kier molecular flexibility index (Phi) is 4.66. The number of rotatable bonds is 4. The Balaban J connectivity index is 1.84. The monoisotopic (exact) mass is 264 g/mol. The third kappa shape index (κ3) is 3.27. The predicted molar refractivity (Wildman–Crippen MR) is 75.6 cm³/mol. The molecule has 1 atom stereocenters. The number of hydrogen-bond donors (Lipinski definition) is 1. The second kappa shape index (κ2) is 6.25.